The summed E-state index contributed by atoms with van der Waals surface area (Å²) in [4.78, 5) is 41.5. The van der Waals surface area contributed by atoms with Crippen LogP contribution in [0.4, 0.5) is 21.0 Å². The van der Waals surface area contributed by atoms with Gasteiger partial charge < -0.3 is 20.7 Å². The molecule has 4 rings (SSSR count). The van der Waals surface area contributed by atoms with Crippen molar-refractivity contribution in [1.29, 1.82) is 0 Å². The maximum Gasteiger partial charge on any atom is 0.338 e. The van der Waals surface area contributed by atoms with E-state index in [0.29, 0.717) is 35.5 Å². The molecular formula is C35H42N4O4. The summed E-state index contributed by atoms with van der Waals surface area (Å²) in [5.74, 6) is 0.00290. The molecule has 8 heteroatoms. The van der Waals surface area contributed by atoms with Gasteiger partial charge in [0.15, 0.2) is 0 Å². The molecule has 1 heterocycles. The zero-order valence-electron chi connectivity index (χ0n) is 25.9. The quantitative estimate of drug-likeness (QED) is 0.211. The van der Waals surface area contributed by atoms with Crippen molar-refractivity contribution in [2.75, 3.05) is 23.8 Å². The van der Waals surface area contributed by atoms with Crippen molar-refractivity contribution in [2.24, 2.45) is 0 Å². The number of urea groups is 2. The van der Waals surface area contributed by atoms with Gasteiger partial charge in [-0.3, -0.25) is 4.90 Å². The third-order valence-corrected chi connectivity index (χ3v) is 7.43. The smallest absolute Gasteiger partial charge is 0.338 e. The Hall–Kier alpha value is -4.59. The topological polar surface area (TPSA) is 99.8 Å². The number of amides is 4. The molecule has 3 N–H and O–H groups in total. The normalized spacial score (nSPS) is 15.0. The number of rotatable bonds is 10. The van der Waals surface area contributed by atoms with Gasteiger partial charge in [0.25, 0.3) is 0 Å². The van der Waals surface area contributed by atoms with Gasteiger partial charge in [-0.25, -0.2) is 14.4 Å². The number of para-hydroxylation sites is 1. The summed E-state index contributed by atoms with van der Waals surface area (Å²) in [6.07, 6.45) is 0.716. The number of hydrogen-bond donors (Lipinski definition) is 3. The SMILES string of the molecule is CCCN1C(=O)NC(c2ccc(NC(=O)Nc3c(C(C)C)cccc3C(C)C)cc2)C(C(=O)OCC)=C1c1ccccc1. The van der Waals surface area contributed by atoms with Gasteiger partial charge in [-0.15, -0.1) is 0 Å². The molecule has 0 aliphatic carbocycles. The largest absolute Gasteiger partial charge is 0.463 e. The van der Waals surface area contributed by atoms with E-state index in [1.807, 2.05) is 55.5 Å². The van der Waals surface area contributed by atoms with Crippen molar-refractivity contribution in [1.82, 2.24) is 10.2 Å². The van der Waals surface area contributed by atoms with E-state index in [1.165, 1.54) is 0 Å². The average molecular weight is 583 g/mol. The van der Waals surface area contributed by atoms with Gasteiger partial charge in [-0.2, -0.15) is 0 Å². The highest BCUT2D eigenvalue weighted by atomic mass is 16.5. The fourth-order valence-corrected chi connectivity index (χ4v) is 5.41. The molecule has 0 fully saturated rings. The predicted octanol–water partition coefficient (Wildman–Crippen LogP) is 8.03. The Labute approximate surface area is 254 Å². The minimum Gasteiger partial charge on any atom is -0.463 e. The molecule has 3 aromatic carbocycles. The monoisotopic (exact) mass is 582 g/mol. The standard InChI is InChI=1S/C35H42N4O4/c1-7-21-39-32(25-13-10-9-11-14-25)29(33(40)43-8-2)30(38-35(39)42)24-17-19-26(20-18-24)36-34(41)37-31-27(22(3)4)15-12-16-28(31)23(5)6/h9-20,22-23,30H,7-8,21H2,1-6H3,(H,38,42)(H2,36,37,41). The summed E-state index contributed by atoms with van der Waals surface area (Å²) in [5, 5.41) is 9.01. The summed E-state index contributed by atoms with van der Waals surface area (Å²) >= 11 is 0. The van der Waals surface area contributed by atoms with Gasteiger partial charge in [-0.1, -0.05) is 95.3 Å². The lowest BCUT2D eigenvalue weighted by molar-refractivity contribution is -0.138. The first-order valence-electron chi connectivity index (χ1n) is 15.0. The number of carbonyl (C=O) groups excluding carboxylic acids is 3. The Bertz CT molecular complexity index is 1450. The highest BCUT2D eigenvalue weighted by Crippen LogP contribution is 2.37. The number of anilines is 2. The molecule has 226 valence electrons. The van der Waals surface area contributed by atoms with Gasteiger partial charge in [-0.05, 0) is 59.6 Å². The molecule has 0 bridgehead atoms. The minimum absolute atomic E-state index is 0.204. The van der Waals surface area contributed by atoms with E-state index in [9.17, 15) is 14.4 Å². The molecule has 0 aromatic heterocycles. The number of nitrogens with one attached hydrogen (secondary N) is 3. The van der Waals surface area contributed by atoms with Crippen molar-refractivity contribution in [2.45, 2.75) is 65.8 Å². The van der Waals surface area contributed by atoms with Crippen LogP contribution in [0.25, 0.3) is 5.70 Å². The molecule has 4 amide bonds. The lowest BCUT2D eigenvalue weighted by Crippen LogP contribution is -2.48. The van der Waals surface area contributed by atoms with Crippen LogP contribution < -0.4 is 16.0 Å². The molecule has 1 aliphatic heterocycles. The van der Waals surface area contributed by atoms with Crippen molar-refractivity contribution in [3.63, 3.8) is 0 Å². The van der Waals surface area contributed by atoms with Gasteiger partial charge in [0, 0.05) is 17.9 Å². The predicted molar refractivity (Wildman–Crippen MR) is 172 cm³/mol. The van der Waals surface area contributed by atoms with Gasteiger partial charge in [0.1, 0.15) is 0 Å². The molecule has 1 atom stereocenters. The lowest BCUT2D eigenvalue weighted by atomic mass is 9.91. The first-order valence-corrected chi connectivity index (χ1v) is 15.0. The van der Waals surface area contributed by atoms with Crippen LogP contribution in [0.3, 0.4) is 0 Å². The Morgan fingerprint density at radius 3 is 2.05 bits per heavy atom. The molecule has 1 unspecified atom stereocenters. The van der Waals surface area contributed by atoms with E-state index in [0.717, 1.165) is 22.4 Å². The average Bonchev–Trinajstić information content (AvgIpc) is 2.98. The fraction of sp³-hybridized carbons (Fsp3) is 0.343. The lowest BCUT2D eigenvalue weighted by Gasteiger charge is -2.36. The van der Waals surface area contributed by atoms with Crippen LogP contribution in [-0.2, 0) is 9.53 Å². The molecule has 8 nitrogen and oxygen atoms in total. The van der Waals surface area contributed by atoms with E-state index in [1.54, 1.807) is 36.1 Å². The third-order valence-electron chi connectivity index (χ3n) is 7.43. The van der Waals surface area contributed by atoms with Crippen LogP contribution in [0.15, 0.2) is 78.4 Å². The molecule has 0 radical (unpaired) electrons. The molecule has 3 aromatic rings. The minimum atomic E-state index is -0.732. The Morgan fingerprint density at radius 2 is 1.49 bits per heavy atom. The van der Waals surface area contributed by atoms with Crippen LogP contribution in [0.2, 0.25) is 0 Å². The van der Waals surface area contributed by atoms with Crippen LogP contribution in [-0.4, -0.2) is 36.1 Å². The highest BCUT2D eigenvalue weighted by Gasteiger charge is 2.38. The number of carbonyl (C=O) groups is 3. The van der Waals surface area contributed by atoms with Crippen molar-refractivity contribution >= 4 is 35.1 Å². The summed E-state index contributed by atoms with van der Waals surface area (Å²) < 4.78 is 5.49. The molecule has 0 saturated heterocycles. The third kappa shape index (κ3) is 7.08. The van der Waals surface area contributed by atoms with Crippen LogP contribution >= 0.6 is 0 Å². The second-order valence-electron chi connectivity index (χ2n) is 11.2. The number of hydrogen-bond acceptors (Lipinski definition) is 4. The zero-order chi connectivity index (χ0) is 31.1. The van der Waals surface area contributed by atoms with Gasteiger partial charge in [0.2, 0.25) is 0 Å². The Balaban J connectivity index is 1.66. The first-order chi connectivity index (χ1) is 20.7. The first kappa shape index (κ1) is 31.3. The zero-order valence-corrected chi connectivity index (χ0v) is 25.9. The summed E-state index contributed by atoms with van der Waals surface area (Å²) in [5.41, 5.74) is 5.93. The molecular weight excluding hydrogens is 540 g/mol. The van der Waals surface area contributed by atoms with E-state index in [4.69, 9.17) is 4.74 Å². The van der Waals surface area contributed by atoms with Crippen LogP contribution in [0.5, 0.6) is 0 Å². The molecule has 0 saturated carbocycles. The van der Waals surface area contributed by atoms with E-state index >= 15 is 0 Å². The molecule has 43 heavy (non-hydrogen) atoms. The van der Waals surface area contributed by atoms with Crippen LogP contribution in [0.1, 0.15) is 88.1 Å². The van der Waals surface area contributed by atoms with Crippen molar-refractivity contribution < 1.29 is 19.1 Å². The molecule has 1 aliphatic rings. The van der Waals surface area contributed by atoms with Crippen molar-refractivity contribution in [3.8, 4) is 0 Å². The van der Waals surface area contributed by atoms with Gasteiger partial charge in [0.05, 0.1) is 23.9 Å². The fourth-order valence-electron chi connectivity index (χ4n) is 5.41. The number of benzene rings is 3. The number of esters is 1. The maximum atomic E-state index is 13.4. The van der Waals surface area contributed by atoms with E-state index < -0.39 is 12.0 Å². The van der Waals surface area contributed by atoms with Crippen LogP contribution in [0, 0.1) is 0 Å². The summed E-state index contributed by atoms with van der Waals surface area (Å²) in [6, 6.07) is 21.3. The second-order valence-corrected chi connectivity index (χ2v) is 11.2. The molecule has 0 spiro atoms. The maximum absolute atomic E-state index is 13.4. The number of ether oxygens (including phenoxy) is 1. The second kappa shape index (κ2) is 14.1. The van der Waals surface area contributed by atoms with E-state index in [-0.39, 0.29) is 30.5 Å². The summed E-state index contributed by atoms with van der Waals surface area (Å²) in [7, 11) is 0. The number of nitrogens with zero attached hydrogens (tertiary/aromatic N) is 1. The Kier molecular flexibility index (Phi) is 10.2. The summed E-state index contributed by atoms with van der Waals surface area (Å²) in [6.45, 7) is 12.8. The van der Waals surface area contributed by atoms with E-state index in [2.05, 4.69) is 43.6 Å². The van der Waals surface area contributed by atoms with Gasteiger partial charge >= 0.3 is 18.0 Å². The Morgan fingerprint density at radius 1 is 0.860 bits per heavy atom. The highest BCUT2D eigenvalue weighted by molar-refractivity contribution is 6.05. The van der Waals surface area contributed by atoms with Crippen molar-refractivity contribution in [3.05, 3.63) is 101 Å².